The summed E-state index contributed by atoms with van der Waals surface area (Å²) in [5, 5.41) is 2.77. The molecule has 104 valence electrons. The van der Waals surface area contributed by atoms with E-state index < -0.39 is 0 Å². The van der Waals surface area contributed by atoms with Crippen molar-refractivity contribution in [2.75, 3.05) is 6.54 Å². The summed E-state index contributed by atoms with van der Waals surface area (Å²) in [4.78, 5) is 26.0. The van der Waals surface area contributed by atoms with Crippen LogP contribution in [0.25, 0.3) is 0 Å². The number of amides is 2. The smallest absolute Gasteiger partial charge is 0.245 e. The minimum Gasteiger partial charge on any atom is -0.343 e. The molecular weight excluding hydrogens is 228 g/mol. The first-order chi connectivity index (χ1) is 8.51. The highest BCUT2D eigenvalue weighted by molar-refractivity contribution is 5.96. The third-order valence-corrected chi connectivity index (χ3v) is 3.54. The third-order valence-electron chi connectivity index (χ3n) is 3.54. The van der Waals surface area contributed by atoms with E-state index in [-0.39, 0.29) is 23.9 Å². The molecule has 0 aliphatic carbocycles. The number of hydrogen-bond donors (Lipinski definition) is 1. The van der Waals surface area contributed by atoms with E-state index >= 15 is 0 Å². The Hall–Kier alpha value is -1.06. The first-order valence-corrected chi connectivity index (χ1v) is 7.12. The van der Waals surface area contributed by atoms with Gasteiger partial charge in [-0.3, -0.25) is 9.59 Å². The molecule has 0 aromatic carbocycles. The van der Waals surface area contributed by atoms with E-state index in [2.05, 4.69) is 19.2 Å². The number of carbonyl (C=O) groups is 2. The molecule has 1 saturated heterocycles. The van der Waals surface area contributed by atoms with Crippen LogP contribution < -0.4 is 5.32 Å². The summed E-state index contributed by atoms with van der Waals surface area (Å²) in [7, 11) is 0. The molecule has 1 aliphatic rings. The van der Waals surface area contributed by atoms with Gasteiger partial charge in [-0.1, -0.05) is 33.6 Å². The average Bonchev–Trinajstić information content (AvgIpc) is 2.31. The maximum Gasteiger partial charge on any atom is 0.245 e. The van der Waals surface area contributed by atoms with Crippen molar-refractivity contribution in [2.45, 2.75) is 65.5 Å². The molecule has 2 amide bonds. The number of nitrogens with zero attached hydrogens (tertiary/aromatic N) is 1. The quantitative estimate of drug-likeness (QED) is 0.787. The van der Waals surface area contributed by atoms with Crippen molar-refractivity contribution in [1.82, 2.24) is 10.2 Å². The fourth-order valence-corrected chi connectivity index (χ4v) is 2.61. The first-order valence-electron chi connectivity index (χ1n) is 7.12. The minimum atomic E-state index is -0.376. The number of piperazine rings is 1. The summed E-state index contributed by atoms with van der Waals surface area (Å²) in [6, 6.07) is -0.641. The topological polar surface area (TPSA) is 49.4 Å². The molecule has 1 fully saturated rings. The van der Waals surface area contributed by atoms with Crippen LogP contribution in [0.1, 0.15) is 53.4 Å². The van der Waals surface area contributed by atoms with Crippen LogP contribution in [0.3, 0.4) is 0 Å². The van der Waals surface area contributed by atoms with Gasteiger partial charge < -0.3 is 10.2 Å². The number of carbonyl (C=O) groups excluding carboxylic acids is 2. The molecule has 4 heteroatoms. The van der Waals surface area contributed by atoms with Gasteiger partial charge in [-0.15, -0.1) is 0 Å². The van der Waals surface area contributed by atoms with E-state index in [9.17, 15) is 9.59 Å². The lowest BCUT2D eigenvalue weighted by atomic mass is 9.99. The second kappa shape index (κ2) is 6.76. The Kier molecular flexibility index (Phi) is 5.63. The summed E-state index contributed by atoms with van der Waals surface area (Å²) in [5.41, 5.74) is 0. The van der Waals surface area contributed by atoms with Crippen LogP contribution in [-0.4, -0.2) is 35.3 Å². The zero-order chi connectivity index (χ0) is 13.7. The number of hydrogen-bond acceptors (Lipinski definition) is 2. The summed E-state index contributed by atoms with van der Waals surface area (Å²) in [6.07, 6.45) is 3.88. The van der Waals surface area contributed by atoms with E-state index in [1.165, 1.54) is 0 Å². The predicted molar refractivity (Wildman–Crippen MR) is 72.1 cm³/mol. The fraction of sp³-hybridized carbons (Fsp3) is 0.857. The number of nitrogens with one attached hydrogen (secondary N) is 1. The number of rotatable bonds is 6. The zero-order valence-electron chi connectivity index (χ0n) is 12.0. The summed E-state index contributed by atoms with van der Waals surface area (Å²) in [5.74, 6) is 0.528. The van der Waals surface area contributed by atoms with Crippen molar-refractivity contribution < 1.29 is 9.59 Å². The van der Waals surface area contributed by atoms with Crippen molar-refractivity contribution in [3.05, 3.63) is 0 Å². The molecule has 4 nitrogen and oxygen atoms in total. The van der Waals surface area contributed by atoms with Gasteiger partial charge in [-0.2, -0.15) is 0 Å². The second-order valence-corrected chi connectivity index (χ2v) is 5.42. The highest BCUT2D eigenvalue weighted by atomic mass is 16.2. The van der Waals surface area contributed by atoms with Gasteiger partial charge in [-0.25, -0.2) is 0 Å². The van der Waals surface area contributed by atoms with Crippen molar-refractivity contribution in [2.24, 2.45) is 5.92 Å². The van der Waals surface area contributed by atoms with E-state index in [4.69, 9.17) is 0 Å². The second-order valence-electron chi connectivity index (χ2n) is 5.42. The Balaban J connectivity index is 2.77. The Morgan fingerprint density at radius 3 is 2.50 bits per heavy atom. The van der Waals surface area contributed by atoms with Crippen LogP contribution in [0.5, 0.6) is 0 Å². The van der Waals surface area contributed by atoms with Crippen LogP contribution in [0.2, 0.25) is 0 Å². The van der Waals surface area contributed by atoms with Gasteiger partial charge in [-0.05, 0) is 25.7 Å². The fourth-order valence-electron chi connectivity index (χ4n) is 2.61. The van der Waals surface area contributed by atoms with Gasteiger partial charge in [0.15, 0.2) is 0 Å². The van der Waals surface area contributed by atoms with Crippen molar-refractivity contribution >= 4 is 11.8 Å². The minimum absolute atomic E-state index is 0.00708. The molecule has 1 rings (SSSR count). The molecule has 1 N–H and O–H groups in total. The molecule has 0 saturated carbocycles. The highest BCUT2D eigenvalue weighted by Crippen LogP contribution is 2.18. The van der Waals surface area contributed by atoms with Gasteiger partial charge in [0.1, 0.15) is 12.1 Å². The largest absolute Gasteiger partial charge is 0.343 e. The first kappa shape index (κ1) is 15.0. The molecule has 18 heavy (non-hydrogen) atoms. The Bertz CT molecular complexity index is 304. The van der Waals surface area contributed by atoms with Gasteiger partial charge in [0.25, 0.3) is 0 Å². The van der Waals surface area contributed by atoms with E-state index in [0.717, 1.165) is 25.7 Å². The standard InChI is InChI=1S/C14H26N2O2/c1-5-7-10(3)9-16-12(8-6-2)13(17)15-11(4)14(16)18/h10-12H,5-9H2,1-4H3,(H,15,17). The van der Waals surface area contributed by atoms with Crippen LogP contribution >= 0.6 is 0 Å². The van der Waals surface area contributed by atoms with Crippen LogP contribution in [0, 0.1) is 5.92 Å². The maximum atomic E-state index is 12.2. The van der Waals surface area contributed by atoms with Crippen molar-refractivity contribution in [3.8, 4) is 0 Å². The molecule has 0 spiro atoms. The summed E-state index contributed by atoms with van der Waals surface area (Å²) >= 11 is 0. The Labute approximate surface area is 110 Å². The molecule has 0 radical (unpaired) electrons. The Morgan fingerprint density at radius 1 is 1.28 bits per heavy atom. The van der Waals surface area contributed by atoms with Gasteiger partial charge in [0.05, 0.1) is 0 Å². The lowest BCUT2D eigenvalue weighted by molar-refractivity contribution is -0.149. The lowest BCUT2D eigenvalue weighted by Gasteiger charge is -2.39. The molecule has 0 bridgehead atoms. The van der Waals surface area contributed by atoms with Crippen molar-refractivity contribution in [3.63, 3.8) is 0 Å². The summed E-state index contributed by atoms with van der Waals surface area (Å²) < 4.78 is 0. The van der Waals surface area contributed by atoms with Crippen LogP contribution in [0.4, 0.5) is 0 Å². The van der Waals surface area contributed by atoms with Crippen molar-refractivity contribution in [1.29, 1.82) is 0 Å². The molecule has 1 heterocycles. The predicted octanol–water partition coefficient (Wildman–Crippen LogP) is 1.94. The molecule has 3 unspecified atom stereocenters. The maximum absolute atomic E-state index is 12.2. The van der Waals surface area contributed by atoms with E-state index in [1.54, 1.807) is 11.8 Å². The molecular formula is C14H26N2O2. The molecule has 1 aliphatic heterocycles. The zero-order valence-corrected chi connectivity index (χ0v) is 12.0. The molecule has 0 aromatic rings. The normalized spacial score (nSPS) is 26.1. The summed E-state index contributed by atoms with van der Waals surface area (Å²) in [6.45, 7) is 8.81. The highest BCUT2D eigenvalue weighted by Gasteiger charge is 2.38. The van der Waals surface area contributed by atoms with Crippen LogP contribution in [0.15, 0.2) is 0 Å². The lowest BCUT2D eigenvalue weighted by Crippen LogP contribution is -2.63. The Morgan fingerprint density at radius 2 is 1.94 bits per heavy atom. The SMILES string of the molecule is CCCC(C)CN1C(=O)C(C)NC(=O)C1CCC. The van der Waals surface area contributed by atoms with E-state index in [1.807, 2.05) is 6.92 Å². The van der Waals surface area contributed by atoms with Crippen LogP contribution in [-0.2, 0) is 9.59 Å². The average molecular weight is 254 g/mol. The van der Waals surface area contributed by atoms with Gasteiger partial charge >= 0.3 is 0 Å². The molecule has 3 atom stereocenters. The molecule has 0 aromatic heterocycles. The third kappa shape index (κ3) is 3.47. The van der Waals surface area contributed by atoms with E-state index in [0.29, 0.717) is 12.5 Å². The van der Waals surface area contributed by atoms with Gasteiger partial charge in [0, 0.05) is 6.54 Å². The monoisotopic (exact) mass is 254 g/mol. The van der Waals surface area contributed by atoms with Gasteiger partial charge in [0.2, 0.25) is 11.8 Å².